The maximum Gasteiger partial charge on any atom is 0.410 e. The van der Waals surface area contributed by atoms with Crippen molar-refractivity contribution in [1.82, 2.24) is 19.8 Å². The SMILES string of the molecule is Cc1cccc(S(=O)(=O)Nc2nc(OC[C@@H](CC(C)C)N(CO)C3CC4(CCN(C(=O)OC(C)(C)C)CC4)C3)cc(-c3ccccc3C(C)C)n2)c1. The molecule has 52 heavy (non-hydrogen) atoms. The highest BCUT2D eigenvalue weighted by atomic mass is 32.2. The molecular weight excluding hydrogens is 679 g/mol. The number of aliphatic hydroxyl groups is 1. The molecule has 2 N–H and O–H groups in total. The molecule has 1 spiro atoms. The lowest BCUT2D eigenvalue weighted by molar-refractivity contribution is -0.0931. The number of piperidine rings is 1. The number of anilines is 1. The third-order valence-corrected chi connectivity index (χ3v) is 11.5. The zero-order chi connectivity index (χ0) is 37.8. The van der Waals surface area contributed by atoms with E-state index in [1.807, 2.05) is 62.9 Å². The minimum absolute atomic E-state index is 0.0781. The Hall–Kier alpha value is -3.74. The van der Waals surface area contributed by atoms with Crippen LogP contribution in [-0.4, -0.2) is 83.5 Å². The van der Waals surface area contributed by atoms with Gasteiger partial charge < -0.3 is 19.5 Å². The highest BCUT2D eigenvalue weighted by Gasteiger charge is 2.49. The number of aryl methyl sites for hydroxylation is 1. The summed E-state index contributed by atoms with van der Waals surface area (Å²) in [5.41, 5.74) is 2.93. The van der Waals surface area contributed by atoms with Gasteiger partial charge in [0.15, 0.2) is 0 Å². The number of sulfonamides is 1. The van der Waals surface area contributed by atoms with Gasteiger partial charge in [0.2, 0.25) is 11.8 Å². The summed E-state index contributed by atoms with van der Waals surface area (Å²) in [5, 5.41) is 10.7. The lowest BCUT2D eigenvalue weighted by atomic mass is 9.60. The summed E-state index contributed by atoms with van der Waals surface area (Å²) >= 11 is 0. The van der Waals surface area contributed by atoms with Crippen LogP contribution in [0.2, 0.25) is 0 Å². The fourth-order valence-corrected chi connectivity index (χ4v) is 8.55. The number of aromatic nitrogens is 2. The van der Waals surface area contributed by atoms with Gasteiger partial charge in [-0.2, -0.15) is 4.98 Å². The van der Waals surface area contributed by atoms with Crippen LogP contribution in [0.5, 0.6) is 5.88 Å². The molecule has 1 amide bonds. The molecule has 3 aromatic rings. The fraction of sp³-hybridized carbons (Fsp3) is 0.575. The van der Waals surface area contributed by atoms with Crippen LogP contribution in [-0.2, 0) is 14.8 Å². The van der Waals surface area contributed by atoms with Crippen LogP contribution in [0.4, 0.5) is 10.7 Å². The maximum absolute atomic E-state index is 13.5. The lowest BCUT2D eigenvalue weighted by Gasteiger charge is -2.56. The molecule has 0 radical (unpaired) electrons. The highest BCUT2D eigenvalue weighted by Crippen LogP contribution is 2.51. The van der Waals surface area contributed by atoms with Crippen LogP contribution in [0, 0.1) is 18.3 Å². The molecule has 1 aliphatic carbocycles. The van der Waals surface area contributed by atoms with E-state index in [1.165, 1.54) is 0 Å². The van der Waals surface area contributed by atoms with Crippen LogP contribution < -0.4 is 9.46 Å². The van der Waals surface area contributed by atoms with Gasteiger partial charge in [-0.3, -0.25) is 4.90 Å². The summed E-state index contributed by atoms with van der Waals surface area (Å²) in [4.78, 5) is 25.9. The molecule has 2 aromatic carbocycles. The van der Waals surface area contributed by atoms with Crippen molar-refractivity contribution >= 4 is 22.1 Å². The molecule has 1 atom stereocenters. The van der Waals surface area contributed by atoms with Crippen LogP contribution in [0.3, 0.4) is 0 Å². The number of ether oxygens (including phenoxy) is 2. The van der Waals surface area contributed by atoms with Crippen molar-refractivity contribution in [2.45, 2.75) is 116 Å². The van der Waals surface area contributed by atoms with Crippen molar-refractivity contribution in [1.29, 1.82) is 0 Å². The normalized spacial score (nSPS) is 17.0. The van der Waals surface area contributed by atoms with Crippen LogP contribution in [0.15, 0.2) is 59.5 Å². The Labute approximate surface area is 310 Å². The third-order valence-electron chi connectivity index (χ3n) is 10.2. The number of likely N-dealkylation sites (tertiary alicyclic amines) is 1. The molecule has 2 aliphatic rings. The molecule has 0 bridgehead atoms. The molecule has 2 heterocycles. The van der Waals surface area contributed by atoms with Gasteiger partial charge in [-0.1, -0.05) is 64.1 Å². The van der Waals surface area contributed by atoms with E-state index in [2.05, 4.69) is 47.3 Å². The molecule has 1 saturated carbocycles. The summed E-state index contributed by atoms with van der Waals surface area (Å²) in [6.45, 7) is 17.5. The Morgan fingerprint density at radius 2 is 1.73 bits per heavy atom. The number of amides is 1. The summed E-state index contributed by atoms with van der Waals surface area (Å²) in [7, 11) is -3.98. The van der Waals surface area contributed by atoms with Crippen LogP contribution in [0.25, 0.3) is 11.3 Å². The maximum atomic E-state index is 13.5. The van der Waals surface area contributed by atoms with Crippen LogP contribution in [0.1, 0.15) is 97.6 Å². The number of hydrogen-bond donors (Lipinski definition) is 2. The predicted octanol–water partition coefficient (Wildman–Crippen LogP) is 7.60. The van der Waals surface area contributed by atoms with Crippen LogP contribution >= 0.6 is 0 Å². The summed E-state index contributed by atoms with van der Waals surface area (Å²) in [5.74, 6) is 0.707. The van der Waals surface area contributed by atoms with Gasteiger partial charge in [0.25, 0.3) is 10.0 Å². The zero-order valence-corrected chi connectivity index (χ0v) is 32.9. The second-order valence-corrected chi connectivity index (χ2v) is 18.0. The molecular formula is C40H57N5O6S. The number of hydrogen-bond acceptors (Lipinski definition) is 9. The molecule has 1 saturated heterocycles. The first-order valence-electron chi connectivity index (χ1n) is 18.5. The van der Waals surface area contributed by atoms with Gasteiger partial charge >= 0.3 is 6.09 Å². The van der Waals surface area contributed by atoms with E-state index in [-0.39, 0.29) is 59.6 Å². The second-order valence-electron chi connectivity index (χ2n) is 16.4. The van der Waals surface area contributed by atoms with Crippen molar-refractivity contribution in [2.24, 2.45) is 11.3 Å². The van der Waals surface area contributed by atoms with Crippen molar-refractivity contribution in [2.75, 3.05) is 31.1 Å². The molecule has 284 valence electrons. The van der Waals surface area contributed by atoms with Gasteiger partial charge in [-0.15, -0.1) is 0 Å². The van der Waals surface area contributed by atoms with E-state index in [1.54, 1.807) is 24.3 Å². The minimum atomic E-state index is -3.98. The first kappa shape index (κ1) is 39.5. The lowest BCUT2D eigenvalue weighted by Crippen LogP contribution is -2.59. The van der Waals surface area contributed by atoms with E-state index in [4.69, 9.17) is 9.47 Å². The minimum Gasteiger partial charge on any atom is -0.476 e. The Kier molecular flexibility index (Phi) is 12.2. The number of aliphatic hydroxyl groups excluding tert-OH is 1. The summed E-state index contributed by atoms with van der Waals surface area (Å²) in [6.07, 6.45) is 4.25. The first-order chi connectivity index (χ1) is 24.5. The second kappa shape index (κ2) is 16.1. The van der Waals surface area contributed by atoms with Gasteiger partial charge in [-0.25, -0.2) is 22.9 Å². The number of carbonyl (C=O) groups is 1. The van der Waals surface area contributed by atoms with Gasteiger partial charge in [0, 0.05) is 36.8 Å². The third kappa shape index (κ3) is 9.81. The largest absolute Gasteiger partial charge is 0.476 e. The Balaban J connectivity index is 1.35. The zero-order valence-electron chi connectivity index (χ0n) is 32.1. The van der Waals surface area contributed by atoms with Crippen molar-refractivity contribution in [3.8, 4) is 17.1 Å². The molecule has 1 aromatic heterocycles. The Bertz CT molecular complexity index is 1790. The fourth-order valence-electron chi connectivity index (χ4n) is 7.50. The van der Waals surface area contributed by atoms with Gasteiger partial charge in [0.1, 0.15) is 12.2 Å². The smallest absolute Gasteiger partial charge is 0.410 e. The first-order valence-corrected chi connectivity index (χ1v) is 20.0. The number of nitrogens with one attached hydrogen (secondary N) is 1. The quantitative estimate of drug-likeness (QED) is 0.170. The number of carbonyl (C=O) groups excluding carboxylic acids is 1. The average molecular weight is 736 g/mol. The molecule has 1 aliphatic heterocycles. The molecule has 5 rings (SSSR count). The van der Waals surface area contributed by atoms with E-state index in [9.17, 15) is 18.3 Å². The summed E-state index contributed by atoms with van der Waals surface area (Å²) in [6, 6.07) is 16.5. The van der Waals surface area contributed by atoms with Crippen molar-refractivity contribution in [3.05, 3.63) is 65.7 Å². The number of benzene rings is 2. The van der Waals surface area contributed by atoms with E-state index in [0.717, 1.165) is 48.8 Å². The highest BCUT2D eigenvalue weighted by molar-refractivity contribution is 7.92. The van der Waals surface area contributed by atoms with E-state index >= 15 is 0 Å². The molecule has 12 heteroatoms. The topological polar surface area (TPSA) is 134 Å². The monoisotopic (exact) mass is 735 g/mol. The molecule has 0 unspecified atom stereocenters. The number of nitrogens with zero attached hydrogens (tertiary/aromatic N) is 4. The standard InChI is InChI=1S/C40H57N5O6S/c1-27(2)20-30(45(26-46)31-23-40(24-31)16-18-44(19-17-40)38(47)51-39(6,7)8)25-50-36-22-35(34-15-10-9-14-33(34)28(3)4)41-37(42-36)43-52(48,49)32-13-11-12-29(5)21-32/h9-15,21-22,27-28,30-31,46H,16-20,23-26H2,1-8H3,(H,41,42,43)/t30-/m1/s1. The van der Waals surface area contributed by atoms with Crippen molar-refractivity contribution in [3.63, 3.8) is 0 Å². The Morgan fingerprint density at radius 3 is 2.35 bits per heavy atom. The van der Waals surface area contributed by atoms with Crippen molar-refractivity contribution < 1.29 is 27.8 Å². The molecule has 2 fully saturated rings. The predicted molar refractivity (Wildman–Crippen MR) is 204 cm³/mol. The van der Waals surface area contributed by atoms with E-state index in [0.29, 0.717) is 24.7 Å². The van der Waals surface area contributed by atoms with Gasteiger partial charge in [0.05, 0.1) is 17.3 Å². The number of rotatable bonds is 13. The van der Waals surface area contributed by atoms with E-state index < -0.39 is 15.6 Å². The molecule has 11 nitrogen and oxygen atoms in total. The average Bonchev–Trinajstić information content (AvgIpc) is 3.05. The Morgan fingerprint density at radius 1 is 1.04 bits per heavy atom. The van der Waals surface area contributed by atoms with Gasteiger partial charge in [-0.05, 0) is 100 Å². The summed E-state index contributed by atoms with van der Waals surface area (Å²) < 4.78 is 41.5.